The van der Waals surface area contributed by atoms with Crippen LogP contribution in [0.3, 0.4) is 0 Å². The predicted molar refractivity (Wildman–Crippen MR) is 395 cm³/mol. The molecule has 0 N–H and O–H groups in total. The molecule has 0 fully saturated rings. The van der Waals surface area contributed by atoms with Crippen LogP contribution in [0.2, 0.25) is 0 Å². The average Bonchev–Trinajstić information content (AvgIpc) is 1.03. The van der Waals surface area contributed by atoms with Gasteiger partial charge in [0, 0.05) is 78.3 Å². The molecule has 0 saturated carbocycles. The minimum atomic E-state index is -0.411. The van der Waals surface area contributed by atoms with E-state index >= 15 is 0 Å². The fourth-order valence-electron chi connectivity index (χ4n) is 14.1. The van der Waals surface area contributed by atoms with Crippen molar-refractivity contribution in [3.63, 3.8) is 0 Å². The Balaban J connectivity index is 0.820. The minimum absolute atomic E-state index is 0.0125. The van der Waals surface area contributed by atoms with Crippen LogP contribution in [0.5, 0.6) is 0 Å². The summed E-state index contributed by atoms with van der Waals surface area (Å²) in [5.74, 6) is 2.54. The van der Waals surface area contributed by atoms with E-state index in [0.717, 1.165) is 106 Å². The molecular weight excluding hydrogens is 1200 g/mol. The predicted octanol–water partition coefficient (Wildman–Crippen LogP) is 18.3. The molecule has 2 aliphatic heterocycles. The summed E-state index contributed by atoms with van der Waals surface area (Å²) >= 11 is 0. The van der Waals surface area contributed by atoms with Crippen LogP contribution in [0, 0.1) is 0 Å². The van der Waals surface area contributed by atoms with Crippen LogP contribution >= 0.6 is 0 Å². The number of anilines is 6. The van der Waals surface area contributed by atoms with E-state index in [0.29, 0.717) is 46.1 Å². The van der Waals surface area contributed by atoms with Crippen molar-refractivity contribution in [3.8, 4) is 85.1 Å². The topological polar surface area (TPSA) is 115 Å². The summed E-state index contributed by atoms with van der Waals surface area (Å²) in [6.07, 6.45) is 0. The monoisotopic (exact) mass is 1260 g/mol. The molecular formula is C86H56BN9O2. The van der Waals surface area contributed by atoms with Gasteiger partial charge in [-0.1, -0.05) is 237 Å². The maximum Gasteiger partial charge on any atom is 0.338 e. The van der Waals surface area contributed by atoms with Gasteiger partial charge in [0.15, 0.2) is 34.9 Å². The third-order valence-corrected chi connectivity index (χ3v) is 18.6. The van der Waals surface area contributed by atoms with Crippen molar-refractivity contribution < 1.29 is 9.53 Å². The molecule has 98 heavy (non-hydrogen) atoms. The van der Waals surface area contributed by atoms with E-state index in [-0.39, 0.29) is 13.3 Å². The number of carbonyl (C=O) groups is 1. The molecule has 0 spiro atoms. The Morgan fingerprint density at radius 2 is 0.735 bits per heavy atom. The van der Waals surface area contributed by atoms with Crippen molar-refractivity contribution in [2.45, 2.75) is 6.61 Å². The van der Waals surface area contributed by atoms with Crippen molar-refractivity contribution in [3.05, 3.63) is 339 Å². The molecule has 16 aromatic rings. The summed E-state index contributed by atoms with van der Waals surface area (Å²) in [6.45, 7) is 0.143. The fraction of sp³-hybridized carbons (Fsp3) is 0.0116. The van der Waals surface area contributed by atoms with Crippen LogP contribution < -0.4 is 26.2 Å². The van der Waals surface area contributed by atoms with Crippen molar-refractivity contribution in [1.29, 1.82) is 0 Å². The average molecular weight is 1260 g/mol. The van der Waals surface area contributed by atoms with Gasteiger partial charge in [-0.25, -0.2) is 34.7 Å². The van der Waals surface area contributed by atoms with Crippen LogP contribution in [0.15, 0.2) is 328 Å². The first-order chi connectivity index (χ1) is 48.5. The molecule has 0 amide bonds. The van der Waals surface area contributed by atoms with Gasteiger partial charge in [-0.2, -0.15) is 0 Å². The summed E-state index contributed by atoms with van der Waals surface area (Å²) in [5, 5.41) is 1.83. The number of hydrogen-bond donors (Lipinski definition) is 0. The lowest BCUT2D eigenvalue weighted by Gasteiger charge is -2.44. The number of benzene rings is 13. The molecule has 0 unspecified atom stereocenters. The first-order valence-electron chi connectivity index (χ1n) is 32.8. The summed E-state index contributed by atoms with van der Waals surface area (Å²) in [6, 6.07) is 113. The number of aromatic nitrogens is 7. The highest BCUT2D eigenvalue weighted by molar-refractivity contribution is 7.00. The van der Waals surface area contributed by atoms with Crippen LogP contribution in [0.1, 0.15) is 15.9 Å². The quantitative estimate of drug-likeness (QED) is 0.0816. The maximum absolute atomic E-state index is 13.9. The number of nitrogens with zero attached hydrogens (tertiary/aromatic N) is 9. The van der Waals surface area contributed by atoms with E-state index in [1.165, 1.54) is 16.4 Å². The van der Waals surface area contributed by atoms with Gasteiger partial charge in [-0.05, 0) is 124 Å². The van der Waals surface area contributed by atoms with Crippen LogP contribution in [0.25, 0.3) is 107 Å². The second-order valence-electron chi connectivity index (χ2n) is 24.5. The molecule has 0 atom stereocenters. The molecule has 11 nitrogen and oxygen atoms in total. The van der Waals surface area contributed by atoms with Crippen LogP contribution in [-0.2, 0) is 11.3 Å². The molecule has 2 aliphatic rings. The van der Waals surface area contributed by atoms with E-state index in [9.17, 15) is 4.79 Å². The molecule has 18 rings (SSSR count). The van der Waals surface area contributed by atoms with Gasteiger partial charge < -0.3 is 19.1 Å². The molecule has 0 aliphatic carbocycles. The number of hydrogen-bond acceptors (Lipinski definition) is 10. The number of fused-ring (bicyclic) bond motifs is 7. The zero-order valence-electron chi connectivity index (χ0n) is 52.8. The Bertz CT molecular complexity index is 5560. The Labute approximate surface area is 566 Å². The van der Waals surface area contributed by atoms with Gasteiger partial charge in [0.2, 0.25) is 0 Å². The first kappa shape index (κ1) is 57.5. The van der Waals surface area contributed by atoms with E-state index in [2.05, 4.69) is 190 Å². The first-order valence-corrected chi connectivity index (χ1v) is 32.8. The number of rotatable bonds is 13. The van der Waals surface area contributed by atoms with E-state index in [1.54, 1.807) is 0 Å². The Morgan fingerprint density at radius 1 is 0.316 bits per heavy atom. The lowest BCUT2D eigenvalue weighted by atomic mass is 9.33. The maximum atomic E-state index is 13.9. The normalized spacial score (nSPS) is 12.1. The highest BCUT2D eigenvalue weighted by Gasteiger charge is 2.43. The number of para-hydroxylation sites is 5. The van der Waals surface area contributed by atoms with Gasteiger partial charge in [0.05, 0.1) is 22.3 Å². The third kappa shape index (κ3) is 10.2. The van der Waals surface area contributed by atoms with Crippen LogP contribution in [-0.4, -0.2) is 47.2 Å². The Morgan fingerprint density at radius 3 is 1.28 bits per heavy atom. The van der Waals surface area contributed by atoms with Crippen molar-refractivity contribution in [1.82, 2.24) is 34.5 Å². The minimum Gasteiger partial charge on any atom is -0.457 e. The van der Waals surface area contributed by atoms with Crippen molar-refractivity contribution in [2.24, 2.45) is 0 Å². The highest BCUT2D eigenvalue weighted by atomic mass is 16.5. The lowest BCUT2D eigenvalue weighted by molar-refractivity contribution is 0.0473. The Hall–Kier alpha value is -13.2. The molecule has 13 aromatic carbocycles. The van der Waals surface area contributed by atoms with Gasteiger partial charge in [0.1, 0.15) is 6.61 Å². The second-order valence-corrected chi connectivity index (χ2v) is 24.5. The largest absolute Gasteiger partial charge is 0.457 e. The molecule has 0 bridgehead atoms. The zero-order valence-corrected chi connectivity index (χ0v) is 52.8. The number of carbonyl (C=O) groups excluding carboxylic acids is 1. The molecule has 12 heteroatoms. The van der Waals surface area contributed by atoms with E-state index in [4.69, 9.17) is 34.6 Å². The van der Waals surface area contributed by atoms with E-state index < -0.39 is 5.97 Å². The smallest absolute Gasteiger partial charge is 0.338 e. The van der Waals surface area contributed by atoms with E-state index in [1.807, 2.05) is 152 Å². The molecule has 0 radical (unpaired) electrons. The summed E-state index contributed by atoms with van der Waals surface area (Å²) in [7, 11) is 0. The second kappa shape index (κ2) is 24.3. The van der Waals surface area contributed by atoms with Crippen molar-refractivity contribution in [2.75, 3.05) is 9.80 Å². The van der Waals surface area contributed by atoms with Crippen LogP contribution in [0.4, 0.5) is 34.1 Å². The zero-order chi connectivity index (χ0) is 65.0. The molecule has 460 valence electrons. The van der Waals surface area contributed by atoms with Gasteiger partial charge in [0.25, 0.3) is 6.71 Å². The highest BCUT2D eigenvalue weighted by Crippen LogP contribution is 2.47. The summed E-state index contributed by atoms with van der Waals surface area (Å²) < 4.78 is 8.13. The Kier molecular flexibility index (Phi) is 14.2. The molecule has 3 aromatic heterocycles. The lowest BCUT2D eigenvalue weighted by Crippen LogP contribution is -2.61. The van der Waals surface area contributed by atoms with Gasteiger partial charge in [-0.3, -0.25) is 0 Å². The number of esters is 1. The third-order valence-electron chi connectivity index (χ3n) is 18.6. The standard InChI is InChI=1S/C86H56BN9O2/c97-86(98-55-56-25-7-1-8-26-56)63-48-50-73-68(52-63)67-37-19-22-40-72(67)96(73)74-49-47-62(84-90-80(58-27-9-2-10-28-58)88-81(91-84)59-29-11-3-12-30-59)51-69(74)85-92-82(60-31-13-4-14-32-60)89-83(93-85)61-45-43-57(44-46-61)64-53-77-79-78(54-64)95(66-35-17-6-18-36-66)76-42-24-21-39-71(76)87(79)70-38-20-23-41-75(70)94(77)65-33-15-5-16-34-65/h1-54H,55H2. The fourth-order valence-corrected chi connectivity index (χ4v) is 14.1. The van der Waals surface area contributed by atoms with Gasteiger partial charge >= 0.3 is 5.97 Å². The van der Waals surface area contributed by atoms with Gasteiger partial charge in [-0.15, -0.1) is 0 Å². The number of ether oxygens (including phenoxy) is 1. The van der Waals surface area contributed by atoms with Crippen molar-refractivity contribution >= 4 is 85.0 Å². The summed E-state index contributed by atoms with van der Waals surface area (Å²) in [5.41, 5.74) is 21.2. The summed E-state index contributed by atoms with van der Waals surface area (Å²) in [4.78, 5) is 50.6. The molecule has 5 heterocycles. The molecule has 0 saturated heterocycles. The SMILES string of the molecule is O=C(OCc1ccccc1)c1ccc2c(c1)c1ccccc1n2-c1ccc(-c2nc(-c3ccccc3)nc(-c3ccccc3)n2)cc1-c1nc(-c2ccccc2)nc(-c2ccc(-c3cc4c5c(c3)N(c3ccccc3)c3ccccc3B5c3ccccc3N4c3ccccc3)cc2)n1.